The Balaban J connectivity index is 1.92. The van der Waals surface area contributed by atoms with E-state index in [4.69, 9.17) is 5.84 Å². The van der Waals surface area contributed by atoms with Gasteiger partial charge in [0, 0.05) is 18.3 Å². The van der Waals surface area contributed by atoms with Crippen LogP contribution in [0.15, 0.2) is 6.20 Å². The van der Waals surface area contributed by atoms with Crippen LogP contribution in [0.25, 0.3) is 0 Å². The van der Waals surface area contributed by atoms with E-state index in [1.807, 2.05) is 6.92 Å². The molecule has 0 spiro atoms. The lowest BCUT2D eigenvalue weighted by Gasteiger charge is -2.22. The van der Waals surface area contributed by atoms with Crippen molar-refractivity contribution >= 4 is 11.8 Å². The Morgan fingerprint density at radius 1 is 1.35 bits per heavy atom. The molecule has 0 atom stereocenters. The zero-order valence-corrected chi connectivity index (χ0v) is 10.4. The molecule has 1 fully saturated rings. The summed E-state index contributed by atoms with van der Waals surface area (Å²) >= 11 is 0. The van der Waals surface area contributed by atoms with Crippen LogP contribution in [-0.4, -0.2) is 16.5 Å². The summed E-state index contributed by atoms with van der Waals surface area (Å²) in [5, 5.41) is 3.41. The Kier molecular flexibility index (Phi) is 4.14. The van der Waals surface area contributed by atoms with Gasteiger partial charge in [0.2, 0.25) is 5.95 Å². The van der Waals surface area contributed by atoms with Gasteiger partial charge in [0.25, 0.3) is 0 Å². The molecule has 1 aromatic heterocycles. The van der Waals surface area contributed by atoms with E-state index in [0.717, 1.165) is 23.8 Å². The normalized spacial score (nSPS) is 16.8. The zero-order valence-electron chi connectivity index (χ0n) is 10.4. The van der Waals surface area contributed by atoms with E-state index < -0.39 is 0 Å². The standard InChI is InChI=1S/C12H21N5/c1-9-7-15-12(17-13)16-11(9)14-8-10-5-3-2-4-6-10/h7,10H,2-6,8,13H2,1H3,(H2,14,15,16,17). The third-order valence-corrected chi connectivity index (χ3v) is 3.38. The molecule has 1 heterocycles. The van der Waals surface area contributed by atoms with Crippen LogP contribution < -0.4 is 16.6 Å². The fourth-order valence-electron chi connectivity index (χ4n) is 2.32. The summed E-state index contributed by atoms with van der Waals surface area (Å²) in [6.07, 6.45) is 8.57. The van der Waals surface area contributed by atoms with Gasteiger partial charge in [0.05, 0.1) is 0 Å². The van der Waals surface area contributed by atoms with Crippen LogP contribution in [0.3, 0.4) is 0 Å². The molecule has 1 aliphatic carbocycles. The second-order valence-electron chi connectivity index (χ2n) is 4.75. The number of hydrogen-bond donors (Lipinski definition) is 3. The van der Waals surface area contributed by atoms with Crippen molar-refractivity contribution in [2.75, 3.05) is 17.3 Å². The van der Waals surface area contributed by atoms with Gasteiger partial charge in [0.1, 0.15) is 5.82 Å². The predicted octanol–water partition coefficient (Wildman–Crippen LogP) is 2.06. The molecular weight excluding hydrogens is 214 g/mol. The second kappa shape index (κ2) is 5.82. The molecule has 0 amide bonds. The van der Waals surface area contributed by atoms with Crippen LogP contribution in [-0.2, 0) is 0 Å². The van der Waals surface area contributed by atoms with Crippen molar-refractivity contribution in [2.24, 2.45) is 11.8 Å². The molecule has 0 aromatic carbocycles. The maximum absolute atomic E-state index is 5.30. The number of nitrogens with one attached hydrogen (secondary N) is 2. The highest BCUT2D eigenvalue weighted by atomic mass is 15.3. The smallest absolute Gasteiger partial charge is 0.239 e. The molecule has 2 rings (SSSR count). The summed E-state index contributed by atoms with van der Waals surface area (Å²) in [6, 6.07) is 0. The van der Waals surface area contributed by atoms with Gasteiger partial charge >= 0.3 is 0 Å². The minimum absolute atomic E-state index is 0.460. The molecule has 1 aromatic rings. The van der Waals surface area contributed by atoms with E-state index in [-0.39, 0.29) is 0 Å². The maximum atomic E-state index is 5.30. The molecule has 0 radical (unpaired) electrons. The highest BCUT2D eigenvalue weighted by Gasteiger charge is 2.13. The fraction of sp³-hybridized carbons (Fsp3) is 0.667. The summed E-state index contributed by atoms with van der Waals surface area (Å²) in [7, 11) is 0. The van der Waals surface area contributed by atoms with E-state index in [1.165, 1.54) is 32.1 Å². The minimum Gasteiger partial charge on any atom is -0.369 e. The monoisotopic (exact) mass is 235 g/mol. The molecule has 94 valence electrons. The average molecular weight is 235 g/mol. The van der Waals surface area contributed by atoms with Gasteiger partial charge in [-0.1, -0.05) is 19.3 Å². The van der Waals surface area contributed by atoms with Crippen molar-refractivity contribution < 1.29 is 0 Å². The molecule has 0 unspecified atom stereocenters. The Morgan fingerprint density at radius 2 is 2.12 bits per heavy atom. The number of aryl methyl sites for hydroxylation is 1. The largest absolute Gasteiger partial charge is 0.369 e. The van der Waals surface area contributed by atoms with Crippen molar-refractivity contribution in [1.29, 1.82) is 0 Å². The lowest BCUT2D eigenvalue weighted by molar-refractivity contribution is 0.373. The Morgan fingerprint density at radius 3 is 2.82 bits per heavy atom. The van der Waals surface area contributed by atoms with Crippen LogP contribution in [0.1, 0.15) is 37.7 Å². The number of hydrazine groups is 1. The molecule has 5 heteroatoms. The van der Waals surface area contributed by atoms with Gasteiger partial charge in [-0.05, 0) is 25.7 Å². The molecule has 1 saturated carbocycles. The summed E-state index contributed by atoms with van der Waals surface area (Å²) in [5.74, 6) is 7.44. The van der Waals surface area contributed by atoms with Crippen molar-refractivity contribution in [3.8, 4) is 0 Å². The van der Waals surface area contributed by atoms with Gasteiger partial charge in [0.15, 0.2) is 0 Å². The molecule has 4 N–H and O–H groups in total. The predicted molar refractivity (Wildman–Crippen MR) is 69.6 cm³/mol. The molecule has 0 saturated heterocycles. The summed E-state index contributed by atoms with van der Waals surface area (Å²) in [4.78, 5) is 8.38. The van der Waals surface area contributed by atoms with Gasteiger partial charge in [-0.25, -0.2) is 10.8 Å². The average Bonchev–Trinajstić information content (AvgIpc) is 2.39. The number of hydrogen-bond acceptors (Lipinski definition) is 5. The lowest BCUT2D eigenvalue weighted by Crippen LogP contribution is -2.19. The van der Waals surface area contributed by atoms with Crippen molar-refractivity contribution in [2.45, 2.75) is 39.0 Å². The highest BCUT2D eigenvalue weighted by Crippen LogP contribution is 2.24. The minimum atomic E-state index is 0.460. The fourth-order valence-corrected chi connectivity index (χ4v) is 2.32. The lowest BCUT2D eigenvalue weighted by atomic mass is 9.89. The summed E-state index contributed by atoms with van der Waals surface area (Å²) in [5.41, 5.74) is 3.53. The molecule has 1 aliphatic rings. The zero-order chi connectivity index (χ0) is 12.1. The molecule has 0 bridgehead atoms. The Hall–Kier alpha value is -1.36. The van der Waals surface area contributed by atoms with E-state index >= 15 is 0 Å². The Bertz CT molecular complexity index is 360. The molecule has 0 aliphatic heterocycles. The van der Waals surface area contributed by atoms with Crippen LogP contribution in [0.4, 0.5) is 11.8 Å². The van der Waals surface area contributed by atoms with E-state index in [0.29, 0.717) is 5.95 Å². The SMILES string of the molecule is Cc1cnc(NN)nc1NCC1CCCCC1. The first-order chi connectivity index (χ1) is 8.29. The van der Waals surface area contributed by atoms with Crippen LogP contribution in [0.5, 0.6) is 0 Å². The third-order valence-electron chi connectivity index (χ3n) is 3.38. The quantitative estimate of drug-likeness (QED) is 0.550. The van der Waals surface area contributed by atoms with Crippen molar-refractivity contribution in [3.05, 3.63) is 11.8 Å². The summed E-state index contributed by atoms with van der Waals surface area (Å²) in [6.45, 7) is 3.01. The number of rotatable bonds is 4. The van der Waals surface area contributed by atoms with Gasteiger partial charge in [-0.15, -0.1) is 0 Å². The highest BCUT2D eigenvalue weighted by molar-refractivity contribution is 5.45. The van der Waals surface area contributed by atoms with E-state index in [9.17, 15) is 0 Å². The van der Waals surface area contributed by atoms with E-state index in [2.05, 4.69) is 20.7 Å². The first-order valence-electron chi connectivity index (χ1n) is 6.33. The second-order valence-corrected chi connectivity index (χ2v) is 4.75. The third kappa shape index (κ3) is 3.30. The topological polar surface area (TPSA) is 75.9 Å². The van der Waals surface area contributed by atoms with Crippen LogP contribution in [0, 0.1) is 12.8 Å². The summed E-state index contributed by atoms with van der Waals surface area (Å²) < 4.78 is 0. The first kappa shape index (κ1) is 12.1. The molecular formula is C12H21N5. The van der Waals surface area contributed by atoms with Gasteiger partial charge < -0.3 is 5.32 Å². The number of nitrogen functional groups attached to an aromatic ring is 1. The molecule has 5 nitrogen and oxygen atoms in total. The van der Waals surface area contributed by atoms with Crippen molar-refractivity contribution in [3.63, 3.8) is 0 Å². The number of nitrogens with zero attached hydrogens (tertiary/aromatic N) is 2. The number of nitrogens with two attached hydrogens (primary N) is 1. The number of anilines is 2. The van der Waals surface area contributed by atoms with Gasteiger partial charge in [-0.3, -0.25) is 5.43 Å². The van der Waals surface area contributed by atoms with Crippen LogP contribution in [0.2, 0.25) is 0 Å². The maximum Gasteiger partial charge on any atom is 0.239 e. The van der Waals surface area contributed by atoms with Gasteiger partial charge in [-0.2, -0.15) is 4.98 Å². The first-order valence-corrected chi connectivity index (χ1v) is 6.33. The van der Waals surface area contributed by atoms with Crippen LogP contribution >= 0.6 is 0 Å². The Labute approximate surface area is 102 Å². The number of aromatic nitrogens is 2. The van der Waals surface area contributed by atoms with Crippen molar-refractivity contribution in [1.82, 2.24) is 9.97 Å². The molecule has 17 heavy (non-hydrogen) atoms. The van der Waals surface area contributed by atoms with E-state index in [1.54, 1.807) is 6.20 Å².